The predicted molar refractivity (Wildman–Crippen MR) is 100 cm³/mol. The van der Waals surface area contributed by atoms with Crippen LogP contribution in [-0.4, -0.2) is 12.1 Å². The first-order chi connectivity index (χ1) is 12.1. The average molecular weight is 377 g/mol. The van der Waals surface area contributed by atoms with Gasteiger partial charge in [-0.05, 0) is 47.9 Å². The van der Waals surface area contributed by atoms with Crippen molar-refractivity contribution in [3.8, 4) is 16.9 Å². The van der Waals surface area contributed by atoms with Crippen molar-refractivity contribution in [2.75, 3.05) is 7.11 Å². The molecule has 0 aliphatic heterocycles. The molecule has 2 N–H and O–H groups in total. The molecule has 3 nitrogen and oxygen atoms in total. The predicted octanol–water partition coefficient (Wildman–Crippen LogP) is 4.70. The van der Waals surface area contributed by atoms with Gasteiger partial charge in [-0.3, -0.25) is 4.98 Å². The van der Waals surface area contributed by atoms with Crippen LogP contribution in [0.4, 0.5) is 8.78 Å². The van der Waals surface area contributed by atoms with Gasteiger partial charge in [-0.2, -0.15) is 0 Å². The smallest absolute Gasteiger partial charge is 0.126 e. The van der Waals surface area contributed by atoms with Crippen molar-refractivity contribution in [3.05, 3.63) is 83.7 Å². The van der Waals surface area contributed by atoms with Gasteiger partial charge in [-0.25, -0.2) is 8.78 Å². The Morgan fingerprint density at radius 1 is 1.04 bits per heavy atom. The monoisotopic (exact) mass is 376 g/mol. The highest BCUT2D eigenvalue weighted by molar-refractivity contribution is 5.85. The third-order valence-corrected chi connectivity index (χ3v) is 3.97. The molecular formula is C20H19ClF2N2O. The molecule has 0 fully saturated rings. The number of ether oxygens (including phenoxy) is 1. The first kappa shape index (κ1) is 19.8. The summed E-state index contributed by atoms with van der Waals surface area (Å²) in [4.78, 5) is 4.39. The number of aromatic nitrogens is 1. The van der Waals surface area contributed by atoms with Crippen LogP contribution in [0.5, 0.6) is 5.75 Å². The van der Waals surface area contributed by atoms with E-state index in [1.807, 2.05) is 36.4 Å². The number of hydrogen-bond acceptors (Lipinski definition) is 3. The van der Waals surface area contributed by atoms with E-state index in [2.05, 4.69) is 4.98 Å². The van der Waals surface area contributed by atoms with E-state index in [1.54, 1.807) is 13.3 Å². The summed E-state index contributed by atoms with van der Waals surface area (Å²) in [6.07, 6.45) is 1.95. The minimum atomic E-state index is -0.612. The van der Waals surface area contributed by atoms with Crippen molar-refractivity contribution in [1.82, 2.24) is 4.98 Å². The highest BCUT2D eigenvalue weighted by atomic mass is 35.5. The summed E-state index contributed by atoms with van der Waals surface area (Å²) in [5.41, 5.74) is 9.30. The zero-order valence-corrected chi connectivity index (χ0v) is 15.0. The lowest BCUT2D eigenvalue weighted by Crippen LogP contribution is -2.16. The standard InChI is InChI=1S/C20H18F2N2O.ClH/c1-25-17-6-4-14(5-7-17)18-3-2-8-24-20(18)19(23)11-13-9-15(21)12-16(22)10-13;/h2-10,12,19H,11,23H2,1H3;1H. The fourth-order valence-electron chi connectivity index (χ4n) is 2.81. The van der Waals surface area contributed by atoms with Crippen LogP contribution in [0, 0.1) is 11.6 Å². The van der Waals surface area contributed by atoms with E-state index in [0.29, 0.717) is 11.3 Å². The Labute approximate surface area is 157 Å². The van der Waals surface area contributed by atoms with Crippen LogP contribution in [0.2, 0.25) is 0 Å². The summed E-state index contributed by atoms with van der Waals surface area (Å²) in [6, 6.07) is 14.3. The molecule has 0 saturated carbocycles. The normalized spacial score (nSPS) is 11.5. The highest BCUT2D eigenvalue weighted by Gasteiger charge is 2.15. The van der Waals surface area contributed by atoms with Crippen molar-refractivity contribution in [1.29, 1.82) is 0 Å². The summed E-state index contributed by atoms with van der Waals surface area (Å²) >= 11 is 0. The lowest BCUT2D eigenvalue weighted by atomic mass is 9.96. The summed E-state index contributed by atoms with van der Waals surface area (Å²) in [7, 11) is 1.61. The Morgan fingerprint density at radius 2 is 1.69 bits per heavy atom. The molecule has 6 heteroatoms. The van der Waals surface area contributed by atoms with E-state index in [1.165, 1.54) is 12.1 Å². The first-order valence-corrected chi connectivity index (χ1v) is 7.86. The summed E-state index contributed by atoms with van der Waals surface area (Å²) in [6.45, 7) is 0. The van der Waals surface area contributed by atoms with Gasteiger partial charge >= 0.3 is 0 Å². The maximum Gasteiger partial charge on any atom is 0.126 e. The Balaban J connectivity index is 0.00000243. The minimum absolute atomic E-state index is 0. The molecule has 0 radical (unpaired) electrons. The second-order valence-corrected chi connectivity index (χ2v) is 5.75. The number of methoxy groups -OCH3 is 1. The van der Waals surface area contributed by atoms with E-state index >= 15 is 0 Å². The van der Waals surface area contributed by atoms with Gasteiger partial charge in [0.2, 0.25) is 0 Å². The Morgan fingerprint density at radius 3 is 2.31 bits per heavy atom. The summed E-state index contributed by atoms with van der Waals surface area (Å²) < 4.78 is 31.9. The van der Waals surface area contributed by atoms with Crippen LogP contribution in [-0.2, 0) is 6.42 Å². The molecule has 0 amide bonds. The van der Waals surface area contributed by atoms with E-state index in [9.17, 15) is 8.78 Å². The maximum atomic E-state index is 13.4. The third kappa shape index (κ3) is 4.56. The Bertz CT molecular complexity index is 852. The number of halogens is 3. The van der Waals surface area contributed by atoms with Crippen molar-refractivity contribution in [3.63, 3.8) is 0 Å². The summed E-state index contributed by atoms with van der Waals surface area (Å²) in [5.74, 6) is -0.467. The molecule has 0 spiro atoms. The molecule has 1 unspecified atom stereocenters. The summed E-state index contributed by atoms with van der Waals surface area (Å²) in [5, 5.41) is 0. The molecular weight excluding hydrogens is 358 g/mol. The Hall–Kier alpha value is -2.50. The molecule has 1 atom stereocenters. The SMILES string of the molecule is COc1ccc(-c2cccnc2C(N)Cc2cc(F)cc(F)c2)cc1.Cl. The van der Waals surface area contributed by atoms with Gasteiger partial charge in [0.25, 0.3) is 0 Å². The molecule has 1 heterocycles. The maximum absolute atomic E-state index is 13.4. The van der Waals surface area contributed by atoms with Crippen LogP contribution in [0.25, 0.3) is 11.1 Å². The zero-order valence-electron chi connectivity index (χ0n) is 14.2. The fraction of sp³-hybridized carbons (Fsp3) is 0.150. The van der Waals surface area contributed by atoms with Crippen LogP contribution in [0.3, 0.4) is 0 Å². The van der Waals surface area contributed by atoms with Crippen molar-refractivity contribution in [2.45, 2.75) is 12.5 Å². The van der Waals surface area contributed by atoms with Gasteiger partial charge in [0.1, 0.15) is 17.4 Å². The van der Waals surface area contributed by atoms with Crippen molar-refractivity contribution in [2.24, 2.45) is 5.73 Å². The van der Waals surface area contributed by atoms with Gasteiger partial charge in [0.05, 0.1) is 18.8 Å². The lowest BCUT2D eigenvalue weighted by Gasteiger charge is -2.16. The highest BCUT2D eigenvalue weighted by Crippen LogP contribution is 2.28. The Kier molecular flexibility index (Phi) is 6.66. The largest absolute Gasteiger partial charge is 0.497 e. The van der Waals surface area contributed by atoms with Gasteiger partial charge in [-0.15, -0.1) is 12.4 Å². The van der Waals surface area contributed by atoms with Crippen molar-refractivity contribution < 1.29 is 13.5 Å². The molecule has 1 aromatic heterocycles. The zero-order chi connectivity index (χ0) is 17.8. The second kappa shape index (κ2) is 8.74. The number of nitrogens with two attached hydrogens (primary N) is 1. The topological polar surface area (TPSA) is 48.1 Å². The number of hydrogen-bond donors (Lipinski definition) is 1. The van der Waals surface area contributed by atoms with Crippen LogP contribution < -0.4 is 10.5 Å². The van der Waals surface area contributed by atoms with E-state index < -0.39 is 17.7 Å². The van der Waals surface area contributed by atoms with Crippen LogP contribution >= 0.6 is 12.4 Å². The first-order valence-electron chi connectivity index (χ1n) is 7.86. The molecule has 0 saturated heterocycles. The number of rotatable bonds is 5. The number of pyridine rings is 1. The van der Waals surface area contributed by atoms with Crippen molar-refractivity contribution >= 4 is 12.4 Å². The average Bonchev–Trinajstić information content (AvgIpc) is 2.61. The second-order valence-electron chi connectivity index (χ2n) is 5.75. The molecule has 3 rings (SSSR count). The molecule has 0 aliphatic carbocycles. The number of nitrogens with zero attached hydrogens (tertiary/aromatic N) is 1. The fourth-order valence-corrected chi connectivity index (χ4v) is 2.81. The molecule has 136 valence electrons. The molecule has 0 aliphatic rings. The lowest BCUT2D eigenvalue weighted by molar-refractivity contribution is 0.415. The van der Waals surface area contributed by atoms with E-state index in [0.717, 1.165) is 22.9 Å². The minimum Gasteiger partial charge on any atom is -0.497 e. The third-order valence-electron chi connectivity index (χ3n) is 3.97. The van der Waals surface area contributed by atoms with Gasteiger partial charge < -0.3 is 10.5 Å². The van der Waals surface area contributed by atoms with Crippen LogP contribution in [0.15, 0.2) is 60.8 Å². The molecule has 2 aromatic carbocycles. The quantitative estimate of drug-likeness (QED) is 0.702. The molecule has 0 bridgehead atoms. The van der Waals surface area contributed by atoms with E-state index in [-0.39, 0.29) is 18.8 Å². The molecule has 26 heavy (non-hydrogen) atoms. The van der Waals surface area contributed by atoms with Gasteiger partial charge in [0, 0.05) is 17.8 Å². The molecule has 3 aromatic rings. The van der Waals surface area contributed by atoms with Gasteiger partial charge in [0.15, 0.2) is 0 Å². The van der Waals surface area contributed by atoms with E-state index in [4.69, 9.17) is 10.5 Å². The van der Waals surface area contributed by atoms with Gasteiger partial charge in [-0.1, -0.05) is 18.2 Å². The number of benzene rings is 2. The van der Waals surface area contributed by atoms with Crippen LogP contribution in [0.1, 0.15) is 17.3 Å².